The lowest BCUT2D eigenvalue weighted by Crippen LogP contribution is -2.45. The van der Waals surface area contributed by atoms with Gasteiger partial charge in [-0.3, -0.25) is 9.59 Å². The molecule has 77 heavy (non-hydrogen) atoms. The van der Waals surface area contributed by atoms with Crippen molar-refractivity contribution in [2.24, 2.45) is 0 Å². The summed E-state index contributed by atoms with van der Waals surface area (Å²) >= 11 is 0. The molecule has 0 spiro atoms. The van der Waals surface area contributed by atoms with Crippen molar-refractivity contribution in [1.82, 2.24) is 5.32 Å². The van der Waals surface area contributed by atoms with E-state index in [1.165, 1.54) is 289 Å². The van der Waals surface area contributed by atoms with E-state index in [1.54, 1.807) is 6.08 Å². The molecule has 0 rings (SSSR count). The summed E-state index contributed by atoms with van der Waals surface area (Å²) in [6, 6.07) is -0.629. The van der Waals surface area contributed by atoms with Crippen LogP contribution in [-0.4, -0.2) is 47.4 Å². The highest BCUT2D eigenvalue weighted by molar-refractivity contribution is 5.76. The Labute approximate surface area is 480 Å². The van der Waals surface area contributed by atoms with E-state index in [0.29, 0.717) is 19.4 Å². The Morgan fingerprint density at radius 2 is 0.649 bits per heavy atom. The highest BCUT2D eigenvalue weighted by Gasteiger charge is 2.18. The Hall–Kier alpha value is -2.18. The van der Waals surface area contributed by atoms with Gasteiger partial charge in [-0.15, -0.1) is 0 Å². The summed E-state index contributed by atoms with van der Waals surface area (Å²) in [7, 11) is 0. The maximum absolute atomic E-state index is 12.5. The molecule has 6 nitrogen and oxygen atoms in total. The van der Waals surface area contributed by atoms with Crippen LogP contribution in [0.5, 0.6) is 0 Å². The number of aliphatic hydroxyl groups is 2. The molecular weight excluding hydrogens is 947 g/mol. The van der Waals surface area contributed by atoms with Crippen LogP contribution in [0, 0.1) is 0 Å². The van der Waals surface area contributed by atoms with Gasteiger partial charge in [0.15, 0.2) is 0 Å². The highest BCUT2D eigenvalue weighted by atomic mass is 16.5. The van der Waals surface area contributed by atoms with Crippen molar-refractivity contribution < 1.29 is 24.5 Å². The second-order valence-electron chi connectivity index (χ2n) is 23.5. The third-order valence-corrected chi connectivity index (χ3v) is 15.8. The Morgan fingerprint density at radius 3 is 1.01 bits per heavy atom. The molecule has 2 atom stereocenters. The highest BCUT2D eigenvalue weighted by Crippen LogP contribution is 2.17. The Bertz CT molecular complexity index is 1290. The molecule has 0 aromatic heterocycles. The Kier molecular flexibility index (Phi) is 64.5. The van der Waals surface area contributed by atoms with Crippen LogP contribution in [0.15, 0.2) is 48.6 Å². The second kappa shape index (κ2) is 66.3. The maximum Gasteiger partial charge on any atom is 0.305 e. The smallest absolute Gasteiger partial charge is 0.305 e. The van der Waals surface area contributed by atoms with E-state index in [4.69, 9.17) is 4.74 Å². The van der Waals surface area contributed by atoms with E-state index >= 15 is 0 Å². The zero-order valence-corrected chi connectivity index (χ0v) is 51.7. The predicted molar refractivity (Wildman–Crippen MR) is 338 cm³/mol. The molecule has 2 unspecified atom stereocenters. The average Bonchev–Trinajstić information content (AvgIpc) is 3.43. The van der Waals surface area contributed by atoms with Gasteiger partial charge in [0.05, 0.1) is 25.4 Å². The third-order valence-electron chi connectivity index (χ3n) is 15.8. The van der Waals surface area contributed by atoms with E-state index in [-0.39, 0.29) is 18.5 Å². The number of hydrogen-bond donors (Lipinski definition) is 3. The Morgan fingerprint density at radius 1 is 0.364 bits per heavy atom. The fourth-order valence-corrected chi connectivity index (χ4v) is 10.5. The molecular formula is C71H133NO5. The molecule has 0 aliphatic carbocycles. The summed E-state index contributed by atoms with van der Waals surface area (Å²) in [6.07, 6.45) is 86.1. The fraction of sp³-hybridized carbons (Fsp3) is 0.859. The summed E-state index contributed by atoms with van der Waals surface area (Å²) in [5.41, 5.74) is 0. The summed E-state index contributed by atoms with van der Waals surface area (Å²) in [5.74, 6) is -0.0601. The van der Waals surface area contributed by atoms with E-state index < -0.39 is 12.1 Å². The predicted octanol–water partition coefficient (Wildman–Crippen LogP) is 22.1. The quantitative estimate of drug-likeness (QED) is 0.0320. The zero-order chi connectivity index (χ0) is 55.7. The van der Waals surface area contributed by atoms with Crippen molar-refractivity contribution in [1.29, 1.82) is 0 Å². The molecule has 452 valence electrons. The van der Waals surface area contributed by atoms with Crippen molar-refractivity contribution in [2.45, 2.75) is 379 Å². The molecule has 6 heteroatoms. The molecule has 0 heterocycles. The van der Waals surface area contributed by atoms with Gasteiger partial charge in [-0.25, -0.2) is 0 Å². The van der Waals surface area contributed by atoms with Crippen LogP contribution in [0.4, 0.5) is 0 Å². The number of rotatable bonds is 64. The lowest BCUT2D eigenvalue weighted by molar-refractivity contribution is -0.143. The normalized spacial score (nSPS) is 12.8. The first-order valence-electron chi connectivity index (χ1n) is 34.4. The van der Waals surface area contributed by atoms with Gasteiger partial charge in [0, 0.05) is 12.8 Å². The number of hydrogen-bond acceptors (Lipinski definition) is 5. The van der Waals surface area contributed by atoms with Crippen molar-refractivity contribution in [2.75, 3.05) is 13.2 Å². The number of amides is 1. The molecule has 0 radical (unpaired) electrons. The van der Waals surface area contributed by atoms with Gasteiger partial charge in [0.2, 0.25) is 5.91 Å². The molecule has 0 saturated heterocycles. The molecule has 3 N–H and O–H groups in total. The number of carbonyl (C=O) groups excluding carboxylic acids is 2. The first-order chi connectivity index (χ1) is 38.0. The van der Waals surface area contributed by atoms with E-state index in [0.717, 1.165) is 51.4 Å². The van der Waals surface area contributed by atoms with Gasteiger partial charge < -0.3 is 20.3 Å². The molecule has 0 aromatic rings. The van der Waals surface area contributed by atoms with Crippen LogP contribution >= 0.6 is 0 Å². The number of nitrogens with one attached hydrogen (secondary N) is 1. The van der Waals surface area contributed by atoms with Gasteiger partial charge in [-0.1, -0.05) is 313 Å². The number of esters is 1. The van der Waals surface area contributed by atoms with Crippen LogP contribution in [0.2, 0.25) is 0 Å². The SMILES string of the molecule is CCCCCC/C=C\C/C=C\CCCCCCCCCC(=O)OCCCCCCCCCCCCCC/C=C\CCCCCCCCCCCCCC(=O)NC(CO)C(O)/C=C/CCCCCCCCCCCCCCC. The number of ether oxygens (including phenoxy) is 1. The first kappa shape index (κ1) is 74.8. The largest absolute Gasteiger partial charge is 0.466 e. The van der Waals surface area contributed by atoms with Gasteiger partial charge in [0.25, 0.3) is 0 Å². The van der Waals surface area contributed by atoms with Crippen LogP contribution in [0.25, 0.3) is 0 Å². The minimum absolute atomic E-state index is 0.00742. The minimum Gasteiger partial charge on any atom is -0.466 e. The second-order valence-corrected chi connectivity index (χ2v) is 23.5. The molecule has 0 saturated carbocycles. The molecule has 0 aromatic carbocycles. The molecule has 1 amide bonds. The van der Waals surface area contributed by atoms with Gasteiger partial charge >= 0.3 is 5.97 Å². The van der Waals surface area contributed by atoms with Gasteiger partial charge in [-0.05, 0) is 89.9 Å². The maximum atomic E-state index is 12.5. The zero-order valence-electron chi connectivity index (χ0n) is 51.7. The summed E-state index contributed by atoms with van der Waals surface area (Å²) in [6.45, 7) is 4.90. The van der Waals surface area contributed by atoms with Gasteiger partial charge in [0.1, 0.15) is 0 Å². The summed E-state index contributed by atoms with van der Waals surface area (Å²) in [5, 5.41) is 23.2. The van der Waals surface area contributed by atoms with Crippen LogP contribution in [-0.2, 0) is 14.3 Å². The molecule has 0 bridgehead atoms. The van der Waals surface area contributed by atoms with Crippen LogP contribution in [0.1, 0.15) is 367 Å². The van der Waals surface area contributed by atoms with Gasteiger partial charge in [-0.2, -0.15) is 0 Å². The van der Waals surface area contributed by atoms with E-state index in [2.05, 4.69) is 55.6 Å². The number of unbranched alkanes of at least 4 members (excludes halogenated alkanes) is 47. The number of allylic oxidation sites excluding steroid dienone is 7. The molecule has 0 fully saturated rings. The molecule has 0 aliphatic rings. The van der Waals surface area contributed by atoms with Crippen molar-refractivity contribution >= 4 is 11.9 Å². The fourth-order valence-electron chi connectivity index (χ4n) is 10.5. The van der Waals surface area contributed by atoms with Crippen molar-refractivity contribution in [3.05, 3.63) is 48.6 Å². The van der Waals surface area contributed by atoms with Crippen LogP contribution in [0.3, 0.4) is 0 Å². The average molecular weight is 1080 g/mol. The van der Waals surface area contributed by atoms with Crippen LogP contribution < -0.4 is 5.32 Å². The van der Waals surface area contributed by atoms with E-state index in [1.807, 2.05) is 6.08 Å². The lowest BCUT2D eigenvalue weighted by atomic mass is 10.0. The van der Waals surface area contributed by atoms with Crippen molar-refractivity contribution in [3.8, 4) is 0 Å². The standard InChI is InChI=1S/C71H133NO5/c1-3-5-7-9-11-13-15-17-19-20-33-37-41-45-49-53-57-61-65-71(76)77-66-62-58-54-50-46-42-38-34-31-29-27-25-23-21-22-24-26-28-30-32-36-40-44-48-52-56-60-64-70(75)72-68(67-73)69(74)63-59-55-51-47-43-39-35-18-16-14-12-10-8-6-4-2/h13,15,19-22,59,63,68-69,73-74H,3-12,14,16-18,23-58,60-62,64-67H2,1-2H3,(H,72,75)/b15-13-,20-19-,22-21-,63-59+. The Balaban J connectivity index is 3.40. The topological polar surface area (TPSA) is 95.9 Å². The van der Waals surface area contributed by atoms with E-state index in [9.17, 15) is 19.8 Å². The number of aliphatic hydroxyl groups excluding tert-OH is 2. The summed E-state index contributed by atoms with van der Waals surface area (Å²) in [4.78, 5) is 24.6. The minimum atomic E-state index is -0.845. The molecule has 0 aliphatic heterocycles. The first-order valence-corrected chi connectivity index (χ1v) is 34.4. The lowest BCUT2D eigenvalue weighted by Gasteiger charge is -2.20. The van der Waals surface area contributed by atoms with Crippen molar-refractivity contribution in [3.63, 3.8) is 0 Å². The number of carbonyl (C=O) groups is 2. The summed E-state index contributed by atoms with van der Waals surface area (Å²) < 4.78 is 5.50. The third kappa shape index (κ3) is 62.9. The monoisotopic (exact) mass is 1080 g/mol.